The molecule has 5 rings (SSSR count). The number of aromatic nitrogens is 1. The zero-order valence-electron chi connectivity index (χ0n) is 17.4. The number of rotatable bonds is 3. The van der Waals surface area contributed by atoms with Crippen LogP contribution in [0.15, 0.2) is 40.1 Å². The number of guanidine groups is 1. The molecule has 4 aliphatic rings. The van der Waals surface area contributed by atoms with Crippen molar-refractivity contribution in [1.29, 1.82) is 0 Å². The first-order valence-electron chi connectivity index (χ1n) is 10.7. The van der Waals surface area contributed by atoms with E-state index < -0.39 is 0 Å². The monoisotopic (exact) mass is 408 g/mol. The van der Waals surface area contributed by atoms with Crippen LogP contribution in [0.25, 0.3) is 0 Å². The van der Waals surface area contributed by atoms with Crippen LogP contribution < -0.4 is 20.9 Å². The zero-order valence-corrected chi connectivity index (χ0v) is 17.4. The average Bonchev–Trinajstić information content (AvgIpc) is 3.14. The SMILES string of the molecule is CC(C)[C@@H]1CN2C(=CC3C=NC(Nc4ccc(N5CCNCC5)cn4)=NC32)C(=O)N1. The number of hydrogen-bond acceptors (Lipinski definition) is 8. The van der Waals surface area contributed by atoms with Crippen molar-refractivity contribution in [2.75, 3.05) is 42.9 Å². The highest BCUT2D eigenvalue weighted by atomic mass is 16.2. The summed E-state index contributed by atoms with van der Waals surface area (Å²) in [7, 11) is 0. The van der Waals surface area contributed by atoms with Gasteiger partial charge in [-0.2, -0.15) is 0 Å². The van der Waals surface area contributed by atoms with Crippen molar-refractivity contribution in [2.24, 2.45) is 21.8 Å². The number of anilines is 2. The van der Waals surface area contributed by atoms with E-state index in [1.54, 1.807) is 0 Å². The molecule has 1 aromatic rings. The maximum absolute atomic E-state index is 12.5. The number of carbonyl (C=O) groups is 1. The minimum atomic E-state index is -0.132. The van der Waals surface area contributed by atoms with E-state index in [1.807, 2.05) is 24.6 Å². The van der Waals surface area contributed by atoms with Crippen molar-refractivity contribution >= 4 is 29.6 Å². The summed E-state index contributed by atoms with van der Waals surface area (Å²) in [6, 6.07) is 4.16. The first-order chi connectivity index (χ1) is 14.6. The molecule has 0 bridgehead atoms. The molecule has 2 fully saturated rings. The van der Waals surface area contributed by atoms with Crippen LogP contribution in [0.2, 0.25) is 0 Å². The number of aliphatic imine (C=N–C) groups is 2. The minimum absolute atomic E-state index is 0.0161. The third kappa shape index (κ3) is 3.54. The second kappa shape index (κ2) is 7.71. The van der Waals surface area contributed by atoms with E-state index in [0.29, 0.717) is 23.4 Å². The summed E-state index contributed by atoms with van der Waals surface area (Å²) in [6.07, 6.45) is 5.60. The molecule has 9 nitrogen and oxygen atoms in total. The van der Waals surface area contributed by atoms with E-state index >= 15 is 0 Å². The highest BCUT2D eigenvalue weighted by Gasteiger charge is 2.43. The van der Waals surface area contributed by atoms with E-state index in [1.165, 1.54) is 0 Å². The van der Waals surface area contributed by atoms with Gasteiger partial charge in [-0.05, 0) is 24.1 Å². The molecule has 0 aliphatic carbocycles. The number of carbonyl (C=O) groups excluding carboxylic acids is 1. The Hall–Kier alpha value is -2.94. The molecular weight excluding hydrogens is 380 g/mol. The summed E-state index contributed by atoms with van der Waals surface area (Å²) >= 11 is 0. The maximum atomic E-state index is 12.5. The third-order valence-electron chi connectivity index (χ3n) is 6.16. The lowest BCUT2D eigenvalue weighted by Crippen LogP contribution is -2.56. The van der Waals surface area contributed by atoms with Crippen LogP contribution in [-0.4, -0.2) is 72.9 Å². The lowest BCUT2D eigenvalue weighted by molar-refractivity contribution is -0.122. The molecule has 4 aliphatic heterocycles. The summed E-state index contributed by atoms with van der Waals surface area (Å²) in [5, 5.41) is 9.69. The predicted molar refractivity (Wildman–Crippen MR) is 118 cm³/mol. The Morgan fingerprint density at radius 2 is 2.07 bits per heavy atom. The van der Waals surface area contributed by atoms with Gasteiger partial charge < -0.3 is 25.8 Å². The van der Waals surface area contributed by atoms with Crippen LogP contribution in [0.5, 0.6) is 0 Å². The highest BCUT2D eigenvalue weighted by molar-refractivity contribution is 6.01. The zero-order chi connectivity index (χ0) is 20.7. The Labute approximate surface area is 176 Å². The van der Waals surface area contributed by atoms with Crippen LogP contribution in [0, 0.1) is 11.8 Å². The molecule has 2 saturated heterocycles. The lowest BCUT2D eigenvalue weighted by Gasteiger charge is -2.38. The Morgan fingerprint density at radius 1 is 1.23 bits per heavy atom. The molecule has 3 N–H and O–H groups in total. The Balaban J connectivity index is 1.29. The molecule has 1 amide bonds. The Morgan fingerprint density at radius 3 is 2.80 bits per heavy atom. The molecule has 3 atom stereocenters. The fraction of sp³-hybridized carbons (Fsp3) is 0.524. The summed E-state index contributed by atoms with van der Waals surface area (Å²) < 4.78 is 0. The predicted octanol–water partition coefficient (Wildman–Crippen LogP) is 0.640. The first kappa shape index (κ1) is 19.0. The van der Waals surface area contributed by atoms with E-state index in [2.05, 4.69) is 55.6 Å². The van der Waals surface area contributed by atoms with Crippen molar-refractivity contribution in [3.63, 3.8) is 0 Å². The van der Waals surface area contributed by atoms with Gasteiger partial charge in [-0.1, -0.05) is 13.8 Å². The number of nitrogens with zero attached hydrogens (tertiary/aromatic N) is 5. The summed E-state index contributed by atoms with van der Waals surface area (Å²) in [6.45, 7) is 8.99. The van der Waals surface area contributed by atoms with Gasteiger partial charge in [-0.25, -0.2) is 15.0 Å². The van der Waals surface area contributed by atoms with Crippen molar-refractivity contribution in [1.82, 2.24) is 20.5 Å². The summed E-state index contributed by atoms with van der Waals surface area (Å²) in [5.41, 5.74) is 1.83. The Kier molecular flexibility index (Phi) is 4.90. The van der Waals surface area contributed by atoms with Gasteiger partial charge in [-0.3, -0.25) is 4.79 Å². The number of nitrogens with one attached hydrogen (secondary N) is 3. The molecule has 0 aromatic carbocycles. The summed E-state index contributed by atoms with van der Waals surface area (Å²) in [5.74, 6) is 1.61. The maximum Gasteiger partial charge on any atom is 0.267 e. The molecule has 0 spiro atoms. The van der Waals surface area contributed by atoms with Gasteiger partial charge >= 0.3 is 0 Å². The molecular formula is C21H28N8O. The number of fused-ring (bicyclic) bond motifs is 3. The van der Waals surface area contributed by atoms with Gasteiger partial charge in [-0.15, -0.1) is 0 Å². The normalized spacial score (nSPS) is 28.0. The second-order valence-electron chi connectivity index (χ2n) is 8.51. The van der Waals surface area contributed by atoms with Crippen LogP contribution in [0.1, 0.15) is 13.8 Å². The smallest absolute Gasteiger partial charge is 0.267 e. The number of pyridine rings is 1. The van der Waals surface area contributed by atoms with Crippen LogP contribution in [0.4, 0.5) is 11.5 Å². The summed E-state index contributed by atoms with van der Waals surface area (Å²) in [4.78, 5) is 30.8. The standard InChI is InChI=1S/C21H28N8O/c1-13(2)16-12-29-17(20(30)25-16)9-14-10-24-21(27-19(14)29)26-18-4-3-15(11-23-18)28-7-5-22-6-8-28/h3-4,9-11,13-14,16,19,22H,5-8,12H2,1-2H3,(H,25,30)(H,23,26,27)/t14?,16-,19?/m0/s1. The van der Waals surface area contributed by atoms with Gasteiger partial charge in [0.1, 0.15) is 17.7 Å². The minimum Gasteiger partial charge on any atom is -0.368 e. The molecule has 9 heteroatoms. The lowest BCUT2D eigenvalue weighted by atomic mass is 10.0. The molecule has 0 saturated carbocycles. The van der Waals surface area contributed by atoms with E-state index in [9.17, 15) is 4.79 Å². The van der Waals surface area contributed by atoms with Gasteiger partial charge in [0.05, 0.1) is 17.8 Å². The second-order valence-corrected chi connectivity index (χ2v) is 8.51. The average molecular weight is 409 g/mol. The number of piperazine rings is 2. The fourth-order valence-electron chi connectivity index (χ4n) is 4.34. The highest BCUT2D eigenvalue weighted by Crippen LogP contribution is 2.32. The molecule has 158 valence electrons. The van der Waals surface area contributed by atoms with E-state index in [4.69, 9.17) is 4.99 Å². The quantitative estimate of drug-likeness (QED) is 0.679. The van der Waals surface area contributed by atoms with E-state index in [-0.39, 0.29) is 24.0 Å². The van der Waals surface area contributed by atoms with Gasteiger partial charge in [0, 0.05) is 45.0 Å². The third-order valence-corrected chi connectivity index (χ3v) is 6.16. The molecule has 1 aromatic heterocycles. The van der Waals surface area contributed by atoms with Gasteiger partial charge in [0.25, 0.3) is 5.91 Å². The largest absolute Gasteiger partial charge is 0.368 e. The van der Waals surface area contributed by atoms with Crippen LogP contribution >= 0.6 is 0 Å². The molecule has 0 radical (unpaired) electrons. The van der Waals surface area contributed by atoms with Crippen molar-refractivity contribution in [3.05, 3.63) is 30.1 Å². The van der Waals surface area contributed by atoms with E-state index in [0.717, 1.165) is 38.4 Å². The van der Waals surface area contributed by atoms with Crippen LogP contribution in [0.3, 0.4) is 0 Å². The molecule has 5 heterocycles. The fourth-order valence-corrected chi connectivity index (χ4v) is 4.34. The van der Waals surface area contributed by atoms with Gasteiger partial charge in [0.15, 0.2) is 0 Å². The van der Waals surface area contributed by atoms with Crippen molar-refractivity contribution in [2.45, 2.75) is 26.1 Å². The van der Waals surface area contributed by atoms with Crippen molar-refractivity contribution < 1.29 is 4.79 Å². The first-order valence-corrected chi connectivity index (χ1v) is 10.7. The Bertz CT molecular complexity index is 900. The van der Waals surface area contributed by atoms with Gasteiger partial charge in [0.2, 0.25) is 5.96 Å². The number of amides is 1. The van der Waals surface area contributed by atoms with Crippen molar-refractivity contribution in [3.8, 4) is 0 Å². The van der Waals surface area contributed by atoms with Crippen LogP contribution in [-0.2, 0) is 4.79 Å². The molecule has 2 unspecified atom stereocenters. The molecule has 30 heavy (non-hydrogen) atoms. The number of hydrogen-bond donors (Lipinski definition) is 3. The topological polar surface area (TPSA) is 97.2 Å².